The number of likely N-dealkylation sites (tertiary alicyclic amines) is 1. The molecular formula is C18H25N5O2. The van der Waals surface area contributed by atoms with Gasteiger partial charge >= 0.3 is 0 Å². The Hall–Kier alpha value is -2.41. The predicted octanol–water partition coefficient (Wildman–Crippen LogP) is 2.11. The predicted molar refractivity (Wildman–Crippen MR) is 94.7 cm³/mol. The van der Waals surface area contributed by atoms with Gasteiger partial charge in [0.05, 0.1) is 7.11 Å². The molecule has 0 bridgehead atoms. The van der Waals surface area contributed by atoms with Gasteiger partial charge in [-0.1, -0.05) is 12.1 Å². The fourth-order valence-corrected chi connectivity index (χ4v) is 3.34. The summed E-state index contributed by atoms with van der Waals surface area (Å²) in [6, 6.07) is 8.59. The number of hydrogen-bond acceptors (Lipinski definition) is 5. The van der Waals surface area contributed by atoms with Gasteiger partial charge in [0.1, 0.15) is 11.6 Å². The van der Waals surface area contributed by atoms with Crippen LogP contribution in [0.25, 0.3) is 0 Å². The van der Waals surface area contributed by atoms with Crippen molar-refractivity contribution in [1.82, 2.24) is 25.4 Å². The number of methoxy groups -OCH3 is 1. The van der Waals surface area contributed by atoms with E-state index < -0.39 is 0 Å². The van der Waals surface area contributed by atoms with E-state index in [2.05, 4.69) is 44.5 Å². The number of aromatic nitrogens is 3. The Balaban J connectivity index is 1.61. The number of hydrogen-bond donors (Lipinski definition) is 2. The van der Waals surface area contributed by atoms with Crippen LogP contribution in [-0.4, -0.2) is 53.2 Å². The van der Waals surface area contributed by atoms with Crippen molar-refractivity contribution in [3.63, 3.8) is 0 Å². The van der Waals surface area contributed by atoms with E-state index in [-0.39, 0.29) is 11.7 Å². The number of H-pyrrole nitrogens is 1. The lowest BCUT2D eigenvalue weighted by Gasteiger charge is -2.35. The second-order valence-electron chi connectivity index (χ2n) is 6.39. The summed E-state index contributed by atoms with van der Waals surface area (Å²) in [4.78, 5) is 18.4. The molecular weight excluding hydrogens is 318 g/mol. The van der Waals surface area contributed by atoms with Gasteiger partial charge in [-0.2, -0.15) is 0 Å². The van der Waals surface area contributed by atoms with Crippen molar-refractivity contribution in [2.24, 2.45) is 0 Å². The largest absolute Gasteiger partial charge is 0.497 e. The third-order valence-corrected chi connectivity index (χ3v) is 4.97. The minimum Gasteiger partial charge on any atom is -0.497 e. The van der Waals surface area contributed by atoms with Gasteiger partial charge in [-0.25, -0.2) is 4.98 Å². The summed E-state index contributed by atoms with van der Waals surface area (Å²) >= 11 is 0. The van der Waals surface area contributed by atoms with E-state index in [1.165, 1.54) is 5.56 Å². The molecule has 1 fully saturated rings. The van der Waals surface area contributed by atoms with Gasteiger partial charge in [0, 0.05) is 19.0 Å². The Kier molecular flexibility index (Phi) is 5.33. The molecule has 1 unspecified atom stereocenters. The first-order chi connectivity index (χ1) is 12.1. The van der Waals surface area contributed by atoms with Gasteiger partial charge in [0.2, 0.25) is 5.82 Å². The minimum absolute atomic E-state index is 0.213. The van der Waals surface area contributed by atoms with Crippen LogP contribution in [0, 0.1) is 0 Å². The molecule has 1 aromatic heterocycles. The van der Waals surface area contributed by atoms with E-state index in [0.29, 0.717) is 12.0 Å². The number of nitrogens with zero attached hydrogens (tertiary/aromatic N) is 3. The highest BCUT2D eigenvalue weighted by Gasteiger charge is 2.27. The van der Waals surface area contributed by atoms with Crippen molar-refractivity contribution >= 4 is 5.91 Å². The highest BCUT2D eigenvalue weighted by molar-refractivity contribution is 5.90. The van der Waals surface area contributed by atoms with Gasteiger partial charge in [0.25, 0.3) is 5.91 Å². The number of benzene rings is 1. The van der Waals surface area contributed by atoms with Crippen LogP contribution in [0.2, 0.25) is 0 Å². The lowest BCUT2D eigenvalue weighted by Crippen LogP contribution is -2.35. The van der Waals surface area contributed by atoms with E-state index in [1.807, 2.05) is 12.1 Å². The Bertz CT molecular complexity index is 722. The Morgan fingerprint density at radius 2 is 2.16 bits per heavy atom. The number of rotatable bonds is 5. The average molecular weight is 343 g/mol. The molecule has 134 valence electrons. The number of amides is 1. The molecule has 1 aromatic carbocycles. The molecule has 2 N–H and O–H groups in total. The monoisotopic (exact) mass is 343 g/mol. The standard InChI is InChI=1S/C18H25N5O2/c1-12(14-5-4-6-15(11-14)25-3)23-9-7-13(8-10-23)16-20-17(22-21-16)18(24)19-2/h4-6,11-13H,7-10H2,1-3H3,(H,19,24)(H,20,21,22). The molecule has 7 heteroatoms. The fourth-order valence-electron chi connectivity index (χ4n) is 3.34. The van der Waals surface area contributed by atoms with E-state index in [9.17, 15) is 4.79 Å². The van der Waals surface area contributed by atoms with E-state index in [0.717, 1.165) is 37.5 Å². The van der Waals surface area contributed by atoms with Crippen molar-refractivity contribution in [3.05, 3.63) is 41.5 Å². The van der Waals surface area contributed by atoms with Crippen molar-refractivity contribution in [1.29, 1.82) is 0 Å². The van der Waals surface area contributed by atoms with Gasteiger partial charge in [0.15, 0.2) is 0 Å². The molecule has 3 rings (SSSR count). The first kappa shape index (κ1) is 17.4. The van der Waals surface area contributed by atoms with E-state index >= 15 is 0 Å². The zero-order chi connectivity index (χ0) is 17.8. The molecule has 25 heavy (non-hydrogen) atoms. The Labute approximate surface area is 147 Å². The van der Waals surface area contributed by atoms with Crippen LogP contribution in [0.15, 0.2) is 24.3 Å². The maximum Gasteiger partial charge on any atom is 0.290 e. The van der Waals surface area contributed by atoms with Crippen molar-refractivity contribution in [3.8, 4) is 5.75 Å². The van der Waals surface area contributed by atoms with Crippen molar-refractivity contribution in [2.75, 3.05) is 27.2 Å². The van der Waals surface area contributed by atoms with Gasteiger partial charge in [-0.3, -0.25) is 14.8 Å². The van der Waals surface area contributed by atoms with Crippen LogP contribution < -0.4 is 10.1 Å². The second kappa shape index (κ2) is 7.65. The summed E-state index contributed by atoms with van der Waals surface area (Å²) in [6.45, 7) is 4.20. The first-order valence-corrected chi connectivity index (χ1v) is 8.64. The Morgan fingerprint density at radius 1 is 1.40 bits per heavy atom. The molecule has 0 saturated carbocycles. The number of aromatic amines is 1. The molecule has 0 aliphatic carbocycles. The number of nitrogens with one attached hydrogen (secondary N) is 2. The van der Waals surface area contributed by atoms with Crippen LogP contribution >= 0.6 is 0 Å². The van der Waals surface area contributed by atoms with Gasteiger partial charge < -0.3 is 10.1 Å². The van der Waals surface area contributed by atoms with Crippen LogP contribution in [-0.2, 0) is 0 Å². The SMILES string of the molecule is CNC(=O)c1n[nH]c(C2CCN(C(C)c3cccc(OC)c3)CC2)n1. The normalized spacial score (nSPS) is 17.2. The van der Waals surface area contributed by atoms with E-state index in [1.54, 1.807) is 14.2 Å². The first-order valence-electron chi connectivity index (χ1n) is 8.64. The van der Waals surface area contributed by atoms with Crippen molar-refractivity contribution in [2.45, 2.75) is 31.7 Å². The number of carbonyl (C=O) groups is 1. The maximum atomic E-state index is 11.6. The summed E-state index contributed by atoms with van der Waals surface area (Å²) in [6.07, 6.45) is 1.99. The fraction of sp³-hybridized carbons (Fsp3) is 0.500. The number of piperidine rings is 1. The van der Waals surface area contributed by atoms with Crippen LogP contribution in [0.3, 0.4) is 0 Å². The Morgan fingerprint density at radius 3 is 2.84 bits per heavy atom. The number of carbonyl (C=O) groups excluding carboxylic acids is 1. The second-order valence-corrected chi connectivity index (χ2v) is 6.39. The van der Waals surface area contributed by atoms with E-state index in [4.69, 9.17) is 4.74 Å². The highest BCUT2D eigenvalue weighted by atomic mass is 16.5. The van der Waals surface area contributed by atoms with Crippen LogP contribution in [0.5, 0.6) is 5.75 Å². The zero-order valence-corrected chi connectivity index (χ0v) is 15.0. The lowest BCUT2D eigenvalue weighted by molar-refractivity contribution is 0.0953. The molecule has 2 heterocycles. The summed E-state index contributed by atoms with van der Waals surface area (Å²) in [7, 11) is 3.27. The third kappa shape index (κ3) is 3.82. The molecule has 1 saturated heterocycles. The van der Waals surface area contributed by atoms with Crippen LogP contribution in [0.4, 0.5) is 0 Å². The quantitative estimate of drug-likeness (QED) is 0.869. The van der Waals surface area contributed by atoms with Crippen molar-refractivity contribution < 1.29 is 9.53 Å². The molecule has 1 aliphatic rings. The number of ether oxygens (including phenoxy) is 1. The molecule has 7 nitrogen and oxygen atoms in total. The van der Waals surface area contributed by atoms with Gasteiger partial charge in [-0.05, 0) is 50.6 Å². The molecule has 1 amide bonds. The highest BCUT2D eigenvalue weighted by Crippen LogP contribution is 2.31. The molecule has 0 radical (unpaired) electrons. The lowest BCUT2D eigenvalue weighted by atomic mass is 9.94. The topological polar surface area (TPSA) is 83.1 Å². The minimum atomic E-state index is -0.258. The maximum absolute atomic E-state index is 11.6. The smallest absolute Gasteiger partial charge is 0.290 e. The summed E-state index contributed by atoms with van der Waals surface area (Å²) < 4.78 is 5.33. The summed E-state index contributed by atoms with van der Waals surface area (Å²) in [5, 5.41) is 9.48. The molecule has 1 atom stereocenters. The molecule has 0 spiro atoms. The molecule has 1 aliphatic heterocycles. The molecule has 2 aromatic rings. The summed E-state index contributed by atoms with van der Waals surface area (Å²) in [5.41, 5.74) is 1.26. The summed E-state index contributed by atoms with van der Waals surface area (Å²) in [5.74, 6) is 1.98. The average Bonchev–Trinajstić information content (AvgIpc) is 3.17. The van der Waals surface area contributed by atoms with Crippen LogP contribution in [0.1, 0.15) is 53.7 Å². The van der Waals surface area contributed by atoms with Gasteiger partial charge in [-0.15, -0.1) is 5.10 Å². The third-order valence-electron chi connectivity index (χ3n) is 4.97. The zero-order valence-electron chi connectivity index (χ0n) is 15.0.